The van der Waals surface area contributed by atoms with Crippen molar-refractivity contribution in [3.05, 3.63) is 101 Å². The quantitative estimate of drug-likeness (QED) is 0.628. The second-order valence-corrected chi connectivity index (χ2v) is 7.29. The van der Waals surface area contributed by atoms with Gasteiger partial charge in [0.15, 0.2) is 0 Å². The zero-order valence-corrected chi connectivity index (χ0v) is 17.0. The fraction of sp³-hybridized carbons (Fsp3) is 0.200. The molecule has 0 unspecified atom stereocenters. The molecular weight excluding hydrogens is 360 g/mol. The molecule has 148 valence electrons. The van der Waals surface area contributed by atoms with Crippen molar-refractivity contribution in [2.75, 3.05) is 5.32 Å². The summed E-state index contributed by atoms with van der Waals surface area (Å²) in [6.45, 7) is 6.02. The fourth-order valence-electron chi connectivity index (χ4n) is 3.18. The Kier molecular flexibility index (Phi) is 6.45. The molecule has 0 saturated heterocycles. The molecule has 0 spiro atoms. The molecule has 2 amide bonds. The van der Waals surface area contributed by atoms with Crippen molar-refractivity contribution in [3.63, 3.8) is 0 Å². The number of para-hydroxylation sites is 1. The van der Waals surface area contributed by atoms with Gasteiger partial charge in [-0.15, -0.1) is 0 Å². The molecule has 0 aliphatic carbocycles. The highest BCUT2D eigenvalue weighted by molar-refractivity contribution is 6.04. The van der Waals surface area contributed by atoms with Crippen LogP contribution in [0.3, 0.4) is 0 Å². The molecule has 0 aliphatic rings. The van der Waals surface area contributed by atoms with Crippen LogP contribution >= 0.6 is 0 Å². The van der Waals surface area contributed by atoms with Crippen LogP contribution in [0.25, 0.3) is 0 Å². The first-order valence-corrected chi connectivity index (χ1v) is 9.75. The van der Waals surface area contributed by atoms with E-state index in [9.17, 15) is 9.59 Å². The van der Waals surface area contributed by atoms with Crippen LogP contribution in [0.1, 0.15) is 45.6 Å². The number of rotatable bonds is 6. The number of amides is 2. The number of hydrogen-bond donors (Lipinski definition) is 2. The Balaban J connectivity index is 1.70. The third-order valence-corrected chi connectivity index (χ3v) is 5.03. The first-order chi connectivity index (χ1) is 13.9. The van der Waals surface area contributed by atoms with Crippen molar-refractivity contribution in [2.45, 2.75) is 33.2 Å². The molecule has 2 N–H and O–H groups in total. The molecule has 0 saturated carbocycles. The van der Waals surface area contributed by atoms with Gasteiger partial charge in [-0.25, -0.2) is 0 Å². The lowest BCUT2D eigenvalue weighted by molar-refractivity contribution is -0.115. The molecule has 4 nitrogen and oxygen atoms in total. The minimum atomic E-state index is -0.219. The molecule has 0 aromatic heterocycles. The van der Waals surface area contributed by atoms with E-state index in [4.69, 9.17) is 0 Å². The molecule has 3 aromatic carbocycles. The van der Waals surface area contributed by atoms with Gasteiger partial charge in [-0.3, -0.25) is 9.59 Å². The summed E-state index contributed by atoms with van der Waals surface area (Å²) in [5.74, 6) is -0.368. The van der Waals surface area contributed by atoms with Gasteiger partial charge in [-0.1, -0.05) is 60.7 Å². The summed E-state index contributed by atoms with van der Waals surface area (Å²) in [6, 6.07) is 22.7. The maximum Gasteiger partial charge on any atom is 0.253 e. The fourth-order valence-corrected chi connectivity index (χ4v) is 3.18. The molecule has 3 aromatic rings. The third kappa shape index (κ3) is 5.32. The molecule has 3 rings (SSSR count). The summed E-state index contributed by atoms with van der Waals surface area (Å²) < 4.78 is 0. The third-order valence-electron chi connectivity index (χ3n) is 5.03. The number of benzene rings is 3. The van der Waals surface area contributed by atoms with Crippen LogP contribution < -0.4 is 10.6 Å². The number of carbonyl (C=O) groups excluding carboxylic acids is 2. The highest BCUT2D eigenvalue weighted by Gasteiger charge is 2.16. The van der Waals surface area contributed by atoms with Gasteiger partial charge in [0.2, 0.25) is 5.91 Å². The van der Waals surface area contributed by atoms with Gasteiger partial charge in [0.05, 0.1) is 23.7 Å². The number of hydrogen-bond acceptors (Lipinski definition) is 2. The van der Waals surface area contributed by atoms with Crippen molar-refractivity contribution in [3.8, 4) is 0 Å². The molecule has 4 heteroatoms. The van der Waals surface area contributed by atoms with E-state index in [2.05, 4.69) is 10.6 Å². The number of anilines is 1. The highest BCUT2D eigenvalue weighted by atomic mass is 16.2. The van der Waals surface area contributed by atoms with E-state index in [1.807, 2.05) is 75.4 Å². The standard InChI is InChI=1S/C25H26N2O2/c1-17-13-14-20(15-18(17)2)16-24(28)27-23-12-8-7-11-22(23)25(29)26-19(3)21-9-5-4-6-10-21/h4-15,19H,16H2,1-3H3,(H,26,29)(H,27,28)/t19-/m0/s1. The SMILES string of the molecule is Cc1ccc(CC(=O)Nc2ccccc2C(=O)N[C@@H](C)c2ccccc2)cc1C. The number of aryl methyl sites for hydroxylation is 2. The summed E-state index contributed by atoms with van der Waals surface area (Å²) in [4.78, 5) is 25.4. The van der Waals surface area contributed by atoms with Crippen LogP contribution in [0.15, 0.2) is 72.8 Å². The first-order valence-electron chi connectivity index (χ1n) is 9.75. The van der Waals surface area contributed by atoms with E-state index in [0.717, 1.165) is 16.7 Å². The van der Waals surface area contributed by atoms with E-state index in [-0.39, 0.29) is 24.3 Å². The monoisotopic (exact) mass is 386 g/mol. The van der Waals surface area contributed by atoms with E-state index >= 15 is 0 Å². The Hall–Kier alpha value is -3.40. The molecule has 0 fully saturated rings. The second-order valence-electron chi connectivity index (χ2n) is 7.29. The molecule has 0 radical (unpaired) electrons. The average molecular weight is 386 g/mol. The zero-order chi connectivity index (χ0) is 20.8. The average Bonchev–Trinajstić information content (AvgIpc) is 2.71. The van der Waals surface area contributed by atoms with E-state index in [1.165, 1.54) is 5.56 Å². The highest BCUT2D eigenvalue weighted by Crippen LogP contribution is 2.19. The van der Waals surface area contributed by atoms with Crippen LogP contribution in [0.5, 0.6) is 0 Å². The Morgan fingerprint density at radius 3 is 2.28 bits per heavy atom. The second kappa shape index (κ2) is 9.20. The van der Waals surface area contributed by atoms with Crippen LogP contribution in [-0.2, 0) is 11.2 Å². The first kappa shape index (κ1) is 20.3. The van der Waals surface area contributed by atoms with Gasteiger partial charge < -0.3 is 10.6 Å². The Morgan fingerprint density at radius 2 is 1.55 bits per heavy atom. The van der Waals surface area contributed by atoms with Crippen molar-refractivity contribution in [2.24, 2.45) is 0 Å². The Labute approximate surface area is 172 Å². The van der Waals surface area contributed by atoms with Crippen molar-refractivity contribution >= 4 is 17.5 Å². The Morgan fingerprint density at radius 1 is 0.862 bits per heavy atom. The van der Waals surface area contributed by atoms with Gasteiger partial charge in [-0.05, 0) is 55.2 Å². The molecule has 0 aliphatic heterocycles. The minimum Gasteiger partial charge on any atom is -0.345 e. The zero-order valence-electron chi connectivity index (χ0n) is 17.0. The van der Waals surface area contributed by atoms with Crippen LogP contribution in [0.4, 0.5) is 5.69 Å². The smallest absolute Gasteiger partial charge is 0.253 e. The summed E-state index contributed by atoms with van der Waals surface area (Å²) in [5.41, 5.74) is 5.29. The normalized spacial score (nSPS) is 11.6. The largest absolute Gasteiger partial charge is 0.345 e. The lowest BCUT2D eigenvalue weighted by atomic mass is 10.0. The molecule has 29 heavy (non-hydrogen) atoms. The summed E-state index contributed by atoms with van der Waals surface area (Å²) in [6.07, 6.45) is 0.261. The lowest BCUT2D eigenvalue weighted by Crippen LogP contribution is -2.28. The van der Waals surface area contributed by atoms with Gasteiger partial charge >= 0.3 is 0 Å². The van der Waals surface area contributed by atoms with Crippen LogP contribution in [0, 0.1) is 13.8 Å². The number of nitrogens with one attached hydrogen (secondary N) is 2. The van der Waals surface area contributed by atoms with E-state index in [1.54, 1.807) is 18.2 Å². The topological polar surface area (TPSA) is 58.2 Å². The molecule has 0 bridgehead atoms. The van der Waals surface area contributed by atoms with E-state index < -0.39 is 0 Å². The molecule has 1 atom stereocenters. The van der Waals surface area contributed by atoms with Crippen molar-refractivity contribution in [1.82, 2.24) is 5.32 Å². The van der Waals surface area contributed by atoms with Crippen LogP contribution in [0.2, 0.25) is 0 Å². The van der Waals surface area contributed by atoms with Gasteiger partial charge in [0.25, 0.3) is 5.91 Å². The summed E-state index contributed by atoms with van der Waals surface area (Å²) in [7, 11) is 0. The lowest BCUT2D eigenvalue weighted by Gasteiger charge is -2.16. The number of carbonyl (C=O) groups is 2. The van der Waals surface area contributed by atoms with Crippen molar-refractivity contribution < 1.29 is 9.59 Å². The maximum absolute atomic E-state index is 12.8. The van der Waals surface area contributed by atoms with Gasteiger partial charge in [0.1, 0.15) is 0 Å². The van der Waals surface area contributed by atoms with Gasteiger partial charge in [-0.2, -0.15) is 0 Å². The minimum absolute atomic E-state index is 0.136. The molecular formula is C25H26N2O2. The summed E-state index contributed by atoms with van der Waals surface area (Å²) >= 11 is 0. The summed E-state index contributed by atoms with van der Waals surface area (Å²) in [5, 5.41) is 5.89. The maximum atomic E-state index is 12.8. The van der Waals surface area contributed by atoms with Crippen molar-refractivity contribution in [1.29, 1.82) is 0 Å². The van der Waals surface area contributed by atoms with Gasteiger partial charge in [0, 0.05) is 0 Å². The molecule has 0 heterocycles. The predicted molar refractivity (Wildman–Crippen MR) is 117 cm³/mol. The van der Waals surface area contributed by atoms with Crippen LogP contribution in [-0.4, -0.2) is 11.8 Å². The Bertz CT molecular complexity index is 1010. The predicted octanol–water partition coefficient (Wildman–Crippen LogP) is 4.98. The van der Waals surface area contributed by atoms with E-state index in [0.29, 0.717) is 11.3 Å².